The molecule has 0 aromatic carbocycles. The standard InChI is InChI=1S/C10H15N3O/c1-8-5-6-11-13(8)7-10(14)12(2)9-3-4-9/h5-6,9H,3-4,7H2,1-2H3. The molecule has 4 heteroatoms. The zero-order valence-corrected chi connectivity index (χ0v) is 8.60. The summed E-state index contributed by atoms with van der Waals surface area (Å²) in [6, 6.07) is 2.39. The molecule has 1 amide bonds. The van der Waals surface area contributed by atoms with Gasteiger partial charge in [-0.1, -0.05) is 0 Å². The summed E-state index contributed by atoms with van der Waals surface area (Å²) >= 11 is 0. The normalized spacial score (nSPS) is 15.6. The van der Waals surface area contributed by atoms with Gasteiger partial charge in [0.25, 0.3) is 0 Å². The lowest BCUT2D eigenvalue weighted by molar-refractivity contribution is -0.131. The fourth-order valence-corrected chi connectivity index (χ4v) is 1.47. The van der Waals surface area contributed by atoms with Crippen LogP contribution in [0.25, 0.3) is 0 Å². The van der Waals surface area contributed by atoms with E-state index in [9.17, 15) is 4.79 Å². The van der Waals surface area contributed by atoms with Crippen molar-refractivity contribution in [2.45, 2.75) is 32.4 Å². The minimum Gasteiger partial charge on any atom is -0.341 e. The van der Waals surface area contributed by atoms with Gasteiger partial charge in [0.15, 0.2) is 0 Å². The Morgan fingerprint density at radius 2 is 2.43 bits per heavy atom. The zero-order chi connectivity index (χ0) is 10.1. The summed E-state index contributed by atoms with van der Waals surface area (Å²) in [4.78, 5) is 13.5. The largest absolute Gasteiger partial charge is 0.341 e. The number of carbonyl (C=O) groups is 1. The second kappa shape index (κ2) is 3.44. The van der Waals surface area contributed by atoms with Crippen molar-refractivity contribution in [1.29, 1.82) is 0 Å². The number of carbonyl (C=O) groups excluding carboxylic acids is 1. The molecule has 0 aliphatic heterocycles. The van der Waals surface area contributed by atoms with Gasteiger partial charge in [-0.05, 0) is 25.8 Å². The van der Waals surface area contributed by atoms with Gasteiger partial charge < -0.3 is 4.90 Å². The number of aromatic nitrogens is 2. The molecule has 1 aromatic rings. The van der Waals surface area contributed by atoms with Crippen LogP contribution in [0.15, 0.2) is 12.3 Å². The molecule has 1 fully saturated rings. The summed E-state index contributed by atoms with van der Waals surface area (Å²) in [6.07, 6.45) is 4.03. The maximum Gasteiger partial charge on any atom is 0.244 e. The molecule has 0 saturated heterocycles. The third kappa shape index (κ3) is 1.78. The lowest BCUT2D eigenvalue weighted by Crippen LogP contribution is -2.32. The minimum absolute atomic E-state index is 0.152. The fourth-order valence-electron chi connectivity index (χ4n) is 1.47. The third-order valence-corrected chi connectivity index (χ3v) is 2.70. The predicted molar refractivity (Wildman–Crippen MR) is 52.8 cm³/mol. The number of hydrogen-bond acceptors (Lipinski definition) is 2. The minimum atomic E-state index is 0.152. The van der Waals surface area contributed by atoms with Gasteiger partial charge in [-0.15, -0.1) is 0 Å². The van der Waals surface area contributed by atoms with Gasteiger partial charge in [0.1, 0.15) is 6.54 Å². The van der Waals surface area contributed by atoms with Crippen molar-refractivity contribution in [3.63, 3.8) is 0 Å². The van der Waals surface area contributed by atoms with Crippen LogP contribution in [0.5, 0.6) is 0 Å². The second-order valence-electron chi connectivity index (χ2n) is 3.87. The van der Waals surface area contributed by atoms with E-state index in [1.807, 2.05) is 24.9 Å². The highest BCUT2D eigenvalue weighted by Crippen LogP contribution is 2.25. The first-order valence-electron chi connectivity index (χ1n) is 4.92. The predicted octanol–water partition coefficient (Wildman–Crippen LogP) is 0.812. The van der Waals surface area contributed by atoms with Crippen LogP contribution in [0, 0.1) is 6.92 Å². The van der Waals surface area contributed by atoms with Crippen molar-refractivity contribution in [2.75, 3.05) is 7.05 Å². The van der Waals surface area contributed by atoms with Crippen LogP contribution in [0.2, 0.25) is 0 Å². The maximum absolute atomic E-state index is 11.7. The van der Waals surface area contributed by atoms with Crippen molar-refractivity contribution in [2.24, 2.45) is 0 Å². The van der Waals surface area contributed by atoms with Crippen molar-refractivity contribution in [3.05, 3.63) is 18.0 Å². The molecule has 2 rings (SSSR count). The molecule has 0 bridgehead atoms. The number of hydrogen-bond donors (Lipinski definition) is 0. The smallest absolute Gasteiger partial charge is 0.244 e. The molecular formula is C10H15N3O. The second-order valence-corrected chi connectivity index (χ2v) is 3.87. The van der Waals surface area contributed by atoms with E-state index in [1.165, 1.54) is 0 Å². The van der Waals surface area contributed by atoms with Crippen LogP contribution in [-0.4, -0.2) is 33.7 Å². The van der Waals surface area contributed by atoms with Gasteiger partial charge in [-0.3, -0.25) is 9.48 Å². The fraction of sp³-hybridized carbons (Fsp3) is 0.600. The molecule has 1 aliphatic carbocycles. The van der Waals surface area contributed by atoms with E-state index in [4.69, 9.17) is 0 Å². The third-order valence-electron chi connectivity index (χ3n) is 2.70. The Hall–Kier alpha value is -1.32. The van der Waals surface area contributed by atoms with Crippen molar-refractivity contribution in [1.82, 2.24) is 14.7 Å². The Kier molecular flexibility index (Phi) is 2.27. The number of likely N-dealkylation sites (N-methyl/N-ethyl adjacent to an activating group) is 1. The lowest BCUT2D eigenvalue weighted by atomic mass is 10.4. The van der Waals surface area contributed by atoms with E-state index in [2.05, 4.69) is 5.10 Å². The van der Waals surface area contributed by atoms with Crippen LogP contribution >= 0.6 is 0 Å². The molecule has 1 aromatic heterocycles. The topological polar surface area (TPSA) is 38.1 Å². The van der Waals surface area contributed by atoms with Gasteiger partial charge >= 0.3 is 0 Å². The number of amides is 1. The first-order valence-corrected chi connectivity index (χ1v) is 4.92. The molecule has 0 unspecified atom stereocenters. The highest BCUT2D eigenvalue weighted by molar-refractivity contribution is 5.76. The van der Waals surface area contributed by atoms with Crippen LogP contribution in [0.4, 0.5) is 0 Å². The Bertz CT molecular complexity index is 341. The van der Waals surface area contributed by atoms with Gasteiger partial charge in [0, 0.05) is 25.0 Å². The van der Waals surface area contributed by atoms with Crippen LogP contribution in [0.1, 0.15) is 18.5 Å². The van der Waals surface area contributed by atoms with Crippen LogP contribution in [0.3, 0.4) is 0 Å². The summed E-state index contributed by atoms with van der Waals surface area (Å²) in [5.41, 5.74) is 1.03. The highest BCUT2D eigenvalue weighted by Gasteiger charge is 2.29. The quantitative estimate of drug-likeness (QED) is 0.712. The molecule has 1 aliphatic rings. The Labute approximate surface area is 83.5 Å². The molecule has 1 heterocycles. The Morgan fingerprint density at radius 3 is 2.93 bits per heavy atom. The van der Waals surface area contributed by atoms with Crippen molar-refractivity contribution >= 4 is 5.91 Å². The van der Waals surface area contributed by atoms with Gasteiger partial charge in [-0.2, -0.15) is 5.10 Å². The van der Waals surface area contributed by atoms with Crippen LogP contribution < -0.4 is 0 Å². The zero-order valence-electron chi connectivity index (χ0n) is 8.60. The van der Waals surface area contributed by atoms with Crippen molar-refractivity contribution < 1.29 is 4.79 Å². The molecule has 14 heavy (non-hydrogen) atoms. The summed E-state index contributed by atoms with van der Waals surface area (Å²) in [5.74, 6) is 0.152. The maximum atomic E-state index is 11.7. The van der Waals surface area contributed by atoms with E-state index < -0.39 is 0 Å². The summed E-state index contributed by atoms with van der Waals surface area (Å²) in [5, 5.41) is 4.09. The van der Waals surface area contributed by atoms with E-state index in [0.717, 1.165) is 18.5 Å². The average Bonchev–Trinajstić information content (AvgIpc) is 2.92. The first-order chi connectivity index (χ1) is 6.68. The molecule has 4 nitrogen and oxygen atoms in total. The van der Waals surface area contributed by atoms with Crippen molar-refractivity contribution in [3.8, 4) is 0 Å². The Balaban J connectivity index is 1.97. The molecule has 76 valence electrons. The highest BCUT2D eigenvalue weighted by atomic mass is 16.2. The molecule has 0 spiro atoms. The van der Waals surface area contributed by atoms with E-state index in [0.29, 0.717) is 12.6 Å². The van der Waals surface area contributed by atoms with Gasteiger partial charge in [-0.25, -0.2) is 0 Å². The Morgan fingerprint density at radius 1 is 1.71 bits per heavy atom. The summed E-state index contributed by atoms with van der Waals surface area (Å²) < 4.78 is 1.74. The molecular weight excluding hydrogens is 178 g/mol. The monoisotopic (exact) mass is 193 g/mol. The average molecular weight is 193 g/mol. The number of rotatable bonds is 3. The van der Waals surface area contributed by atoms with E-state index in [1.54, 1.807) is 10.9 Å². The SMILES string of the molecule is Cc1ccnn1CC(=O)N(C)C1CC1. The van der Waals surface area contributed by atoms with Gasteiger partial charge in [0.05, 0.1) is 0 Å². The van der Waals surface area contributed by atoms with E-state index in [-0.39, 0.29) is 5.91 Å². The van der Waals surface area contributed by atoms with E-state index >= 15 is 0 Å². The van der Waals surface area contributed by atoms with Gasteiger partial charge in [0.2, 0.25) is 5.91 Å². The summed E-state index contributed by atoms with van der Waals surface area (Å²) in [7, 11) is 1.87. The molecule has 0 radical (unpaired) electrons. The molecule has 0 atom stereocenters. The lowest BCUT2D eigenvalue weighted by Gasteiger charge is -2.16. The first kappa shape index (κ1) is 9.24. The molecule has 0 N–H and O–H groups in total. The molecule has 1 saturated carbocycles. The number of nitrogens with zero attached hydrogens (tertiary/aromatic N) is 3. The summed E-state index contributed by atoms with van der Waals surface area (Å²) in [6.45, 7) is 2.32. The number of aryl methyl sites for hydroxylation is 1. The van der Waals surface area contributed by atoms with Crippen LogP contribution in [-0.2, 0) is 11.3 Å².